The molecular formula is C10H12BrNO2S. The lowest BCUT2D eigenvalue weighted by atomic mass is 10.2. The fourth-order valence-electron chi connectivity index (χ4n) is 1.62. The summed E-state index contributed by atoms with van der Waals surface area (Å²) in [5.41, 5.74) is 0.751. The van der Waals surface area contributed by atoms with Gasteiger partial charge in [0.25, 0.3) is 5.91 Å². The van der Waals surface area contributed by atoms with Crippen LogP contribution < -0.4 is 0 Å². The Morgan fingerprint density at radius 2 is 2.53 bits per heavy atom. The molecule has 1 aromatic heterocycles. The monoisotopic (exact) mass is 289 g/mol. The van der Waals surface area contributed by atoms with Gasteiger partial charge in [-0.2, -0.15) is 0 Å². The first-order chi connectivity index (χ1) is 7.18. The van der Waals surface area contributed by atoms with Crippen molar-refractivity contribution in [3.63, 3.8) is 0 Å². The van der Waals surface area contributed by atoms with Crippen LogP contribution in [-0.4, -0.2) is 37.1 Å². The van der Waals surface area contributed by atoms with E-state index >= 15 is 0 Å². The number of hydrogen-bond donors (Lipinski definition) is 0. The Kier molecular flexibility index (Phi) is 3.43. The van der Waals surface area contributed by atoms with Crippen molar-refractivity contribution in [1.29, 1.82) is 0 Å². The fourth-order valence-corrected chi connectivity index (χ4v) is 2.75. The van der Waals surface area contributed by atoms with Gasteiger partial charge in [0.1, 0.15) is 0 Å². The lowest BCUT2D eigenvalue weighted by Gasteiger charge is -2.22. The minimum Gasteiger partial charge on any atom is -0.379 e. The van der Waals surface area contributed by atoms with Gasteiger partial charge in [-0.1, -0.05) is 0 Å². The van der Waals surface area contributed by atoms with Crippen LogP contribution in [0.5, 0.6) is 0 Å². The van der Waals surface area contributed by atoms with E-state index in [1.165, 1.54) is 11.3 Å². The van der Waals surface area contributed by atoms with Gasteiger partial charge in [-0.25, -0.2) is 0 Å². The zero-order chi connectivity index (χ0) is 10.8. The molecule has 1 amide bonds. The fraction of sp³-hybridized carbons (Fsp3) is 0.500. The highest BCUT2D eigenvalue weighted by Gasteiger charge is 2.25. The molecule has 0 saturated carbocycles. The van der Waals surface area contributed by atoms with Gasteiger partial charge in [-0.15, -0.1) is 11.3 Å². The van der Waals surface area contributed by atoms with Gasteiger partial charge in [-0.3, -0.25) is 4.79 Å². The van der Waals surface area contributed by atoms with E-state index in [0.29, 0.717) is 6.61 Å². The minimum atomic E-state index is 0.0763. The first-order valence-electron chi connectivity index (χ1n) is 4.77. The maximum absolute atomic E-state index is 12.0. The number of amides is 1. The summed E-state index contributed by atoms with van der Waals surface area (Å²) in [6.07, 6.45) is 0.938. The number of thiophene rings is 1. The number of ether oxygens (including phenoxy) is 1. The van der Waals surface area contributed by atoms with E-state index in [-0.39, 0.29) is 11.9 Å². The molecule has 2 rings (SSSR count). The summed E-state index contributed by atoms with van der Waals surface area (Å²) in [7, 11) is 1.84. The zero-order valence-corrected chi connectivity index (χ0v) is 10.8. The number of rotatable bonds is 2. The first kappa shape index (κ1) is 11.1. The maximum Gasteiger partial charge on any atom is 0.254 e. The van der Waals surface area contributed by atoms with Gasteiger partial charge >= 0.3 is 0 Å². The molecule has 1 fully saturated rings. The lowest BCUT2D eigenvalue weighted by Crippen LogP contribution is -2.37. The standard InChI is InChI=1S/C10H12BrNO2S/c1-12(8-2-3-14-5-8)10(13)7-4-9(11)15-6-7/h4,6,8H,2-3,5H2,1H3. The molecule has 0 N–H and O–H groups in total. The number of carbonyl (C=O) groups is 1. The Morgan fingerprint density at radius 1 is 1.73 bits per heavy atom. The summed E-state index contributed by atoms with van der Waals surface area (Å²) in [4.78, 5) is 13.8. The summed E-state index contributed by atoms with van der Waals surface area (Å²) in [6.45, 7) is 1.42. The van der Waals surface area contributed by atoms with E-state index in [2.05, 4.69) is 15.9 Å². The van der Waals surface area contributed by atoms with Crippen molar-refractivity contribution in [2.75, 3.05) is 20.3 Å². The van der Waals surface area contributed by atoms with E-state index in [0.717, 1.165) is 22.4 Å². The highest BCUT2D eigenvalue weighted by atomic mass is 79.9. The molecule has 1 aromatic rings. The Hall–Kier alpha value is -0.390. The predicted octanol–water partition coefficient (Wildman–Crippen LogP) is 2.37. The summed E-state index contributed by atoms with van der Waals surface area (Å²) >= 11 is 4.89. The first-order valence-corrected chi connectivity index (χ1v) is 6.44. The smallest absolute Gasteiger partial charge is 0.254 e. The Morgan fingerprint density at radius 3 is 3.07 bits per heavy atom. The molecular weight excluding hydrogens is 278 g/mol. The molecule has 1 saturated heterocycles. The van der Waals surface area contributed by atoms with Crippen LogP contribution in [0, 0.1) is 0 Å². The van der Waals surface area contributed by atoms with Crippen molar-refractivity contribution in [2.45, 2.75) is 12.5 Å². The second-order valence-electron chi connectivity index (χ2n) is 3.57. The van der Waals surface area contributed by atoms with E-state index in [4.69, 9.17) is 4.74 Å². The molecule has 3 nitrogen and oxygen atoms in total. The van der Waals surface area contributed by atoms with Gasteiger partial charge in [0.05, 0.1) is 22.0 Å². The molecule has 0 aliphatic carbocycles. The summed E-state index contributed by atoms with van der Waals surface area (Å²) in [5.74, 6) is 0.0763. The van der Waals surface area contributed by atoms with Crippen LogP contribution in [0.1, 0.15) is 16.8 Å². The molecule has 1 unspecified atom stereocenters. The van der Waals surface area contributed by atoms with Gasteiger partial charge in [0.15, 0.2) is 0 Å². The lowest BCUT2D eigenvalue weighted by molar-refractivity contribution is 0.0712. The van der Waals surface area contributed by atoms with Crippen molar-refractivity contribution in [3.05, 3.63) is 20.8 Å². The Bertz CT molecular complexity index is 360. The number of likely N-dealkylation sites (N-methyl/N-ethyl adjacent to an activating group) is 1. The predicted molar refractivity (Wildman–Crippen MR) is 63.3 cm³/mol. The minimum absolute atomic E-state index is 0.0763. The zero-order valence-electron chi connectivity index (χ0n) is 8.40. The molecule has 1 aliphatic heterocycles. The third-order valence-electron chi connectivity index (χ3n) is 2.59. The van der Waals surface area contributed by atoms with Crippen LogP contribution >= 0.6 is 27.3 Å². The molecule has 1 atom stereocenters. The van der Waals surface area contributed by atoms with E-state index in [9.17, 15) is 4.79 Å². The van der Waals surface area contributed by atoms with Gasteiger partial charge in [-0.05, 0) is 28.4 Å². The highest BCUT2D eigenvalue weighted by Crippen LogP contribution is 2.22. The van der Waals surface area contributed by atoms with Crippen molar-refractivity contribution in [2.24, 2.45) is 0 Å². The molecule has 0 bridgehead atoms. The number of nitrogens with zero attached hydrogens (tertiary/aromatic N) is 1. The molecule has 0 spiro atoms. The van der Waals surface area contributed by atoms with Crippen molar-refractivity contribution in [1.82, 2.24) is 4.90 Å². The van der Waals surface area contributed by atoms with Crippen molar-refractivity contribution in [3.8, 4) is 0 Å². The second kappa shape index (κ2) is 4.63. The summed E-state index contributed by atoms with van der Waals surface area (Å²) in [5, 5.41) is 1.87. The second-order valence-corrected chi connectivity index (χ2v) is 5.86. The molecule has 0 aromatic carbocycles. The quantitative estimate of drug-likeness (QED) is 0.837. The van der Waals surface area contributed by atoms with Crippen molar-refractivity contribution >= 4 is 33.2 Å². The van der Waals surface area contributed by atoms with Crippen LogP contribution in [0.4, 0.5) is 0 Å². The van der Waals surface area contributed by atoms with E-state index in [1.807, 2.05) is 18.5 Å². The van der Waals surface area contributed by atoms with Crippen LogP contribution in [-0.2, 0) is 4.74 Å². The summed E-state index contributed by atoms with van der Waals surface area (Å²) in [6, 6.07) is 2.09. The van der Waals surface area contributed by atoms with E-state index < -0.39 is 0 Å². The molecule has 2 heterocycles. The van der Waals surface area contributed by atoms with Gasteiger partial charge in [0, 0.05) is 19.0 Å². The summed E-state index contributed by atoms with van der Waals surface area (Å²) < 4.78 is 6.26. The molecule has 0 radical (unpaired) electrons. The van der Waals surface area contributed by atoms with E-state index in [1.54, 1.807) is 4.90 Å². The molecule has 15 heavy (non-hydrogen) atoms. The molecule has 1 aliphatic rings. The van der Waals surface area contributed by atoms with Crippen LogP contribution in [0.3, 0.4) is 0 Å². The average molecular weight is 290 g/mol. The van der Waals surface area contributed by atoms with Crippen molar-refractivity contribution < 1.29 is 9.53 Å². The third-order valence-corrected chi connectivity index (χ3v) is 4.09. The number of carbonyl (C=O) groups excluding carboxylic acids is 1. The normalized spacial score (nSPS) is 20.5. The topological polar surface area (TPSA) is 29.5 Å². The molecule has 5 heteroatoms. The Balaban J connectivity index is 2.06. The highest BCUT2D eigenvalue weighted by molar-refractivity contribution is 9.11. The maximum atomic E-state index is 12.0. The van der Waals surface area contributed by atoms with Gasteiger partial charge in [0.2, 0.25) is 0 Å². The SMILES string of the molecule is CN(C(=O)c1csc(Br)c1)C1CCOC1. The van der Waals surface area contributed by atoms with Crippen LogP contribution in [0.25, 0.3) is 0 Å². The number of hydrogen-bond acceptors (Lipinski definition) is 3. The largest absolute Gasteiger partial charge is 0.379 e. The Labute approximate surface area is 101 Å². The third kappa shape index (κ3) is 2.41. The molecule has 82 valence electrons. The van der Waals surface area contributed by atoms with Gasteiger partial charge < -0.3 is 9.64 Å². The van der Waals surface area contributed by atoms with Crippen LogP contribution in [0.2, 0.25) is 0 Å². The van der Waals surface area contributed by atoms with Crippen LogP contribution in [0.15, 0.2) is 15.2 Å². The number of halogens is 1. The average Bonchev–Trinajstić information content (AvgIpc) is 2.85.